The quantitative estimate of drug-likeness (QED) is 0.372. The molecule has 0 aliphatic carbocycles. The van der Waals surface area contributed by atoms with Gasteiger partial charge in [-0.1, -0.05) is 18.7 Å². The minimum Gasteiger partial charge on any atom is -0.383 e. The number of aldehydes is 1. The first-order valence-corrected chi connectivity index (χ1v) is 9.66. The fraction of sp³-hybridized carbons (Fsp3) is 0.0870. The van der Waals surface area contributed by atoms with Crippen LogP contribution in [-0.4, -0.2) is 31.3 Å². The van der Waals surface area contributed by atoms with Gasteiger partial charge in [-0.2, -0.15) is 0 Å². The zero-order chi connectivity index (χ0) is 23.0. The highest BCUT2D eigenvalue weighted by Crippen LogP contribution is 2.37. The van der Waals surface area contributed by atoms with Gasteiger partial charge in [0.2, 0.25) is 0 Å². The summed E-state index contributed by atoms with van der Waals surface area (Å²) in [4.78, 5) is 44.3. The lowest BCUT2D eigenvalue weighted by atomic mass is 10.1. The number of nitrogens with two attached hydrogens (primary N) is 1. The van der Waals surface area contributed by atoms with E-state index in [2.05, 4.69) is 21.9 Å². The zero-order valence-corrected chi connectivity index (χ0v) is 17.5. The summed E-state index contributed by atoms with van der Waals surface area (Å²) in [5, 5.41) is 3.28. The summed E-state index contributed by atoms with van der Waals surface area (Å²) in [6.07, 6.45) is 3.50. The van der Waals surface area contributed by atoms with E-state index in [0.717, 1.165) is 5.56 Å². The topological polar surface area (TPSA) is 125 Å². The third kappa shape index (κ3) is 3.45. The molecule has 3 heterocycles. The van der Waals surface area contributed by atoms with Gasteiger partial charge in [-0.15, -0.1) is 0 Å². The van der Waals surface area contributed by atoms with E-state index in [9.17, 15) is 14.4 Å². The number of nitrogens with one attached hydrogen (secondary N) is 1. The van der Waals surface area contributed by atoms with Gasteiger partial charge in [-0.05, 0) is 25.1 Å². The van der Waals surface area contributed by atoms with Crippen LogP contribution in [0.2, 0.25) is 0 Å². The van der Waals surface area contributed by atoms with Crippen molar-refractivity contribution in [3.63, 3.8) is 0 Å². The second-order valence-electron chi connectivity index (χ2n) is 7.31. The summed E-state index contributed by atoms with van der Waals surface area (Å²) >= 11 is 0. The number of nitrogens with zero attached hydrogens (tertiary/aromatic N) is 4. The smallest absolute Gasteiger partial charge is 0.255 e. The number of anilines is 2. The van der Waals surface area contributed by atoms with Crippen molar-refractivity contribution in [1.29, 1.82) is 0 Å². The number of nitrogen functional groups attached to an aromatic ring is 1. The van der Waals surface area contributed by atoms with Gasteiger partial charge in [0.1, 0.15) is 24.1 Å². The van der Waals surface area contributed by atoms with Crippen LogP contribution >= 0.6 is 0 Å². The van der Waals surface area contributed by atoms with E-state index in [0.29, 0.717) is 40.0 Å². The SMILES string of the molecule is C=C(C)C(=O)Nc1ccc(-c2c(-n3ccc(C=O)cc3=O)c3c(N)ncnc3n2C)cc1. The molecule has 0 saturated heterocycles. The van der Waals surface area contributed by atoms with Crippen LogP contribution in [0.5, 0.6) is 0 Å². The first-order valence-electron chi connectivity index (χ1n) is 9.66. The number of aryl methyl sites for hydroxylation is 1. The molecule has 1 aromatic carbocycles. The Morgan fingerprint density at radius 3 is 2.53 bits per heavy atom. The van der Waals surface area contributed by atoms with Gasteiger partial charge >= 0.3 is 0 Å². The average Bonchev–Trinajstić information content (AvgIpc) is 3.07. The zero-order valence-electron chi connectivity index (χ0n) is 17.5. The van der Waals surface area contributed by atoms with Crippen molar-refractivity contribution < 1.29 is 9.59 Å². The number of carbonyl (C=O) groups excluding carboxylic acids is 2. The first-order chi connectivity index (χ1) is 15.3. The summed E-state index contributed by atoms with van der Waals surface area (Å²) in [7, 11) is 1.81. The molecule has 3 aromatic heterocycles. The molecule has 9 nitrogen and oxygen atoms in total. The number of rotatable bonds is 5. The molecule has 160 valence electrons. The Morgan fingerprint density at radius 1 is 1.19 bits per heavy atom. The first kappa shape index (κ1) is 20.7. The molecule has 0 atom stereocenters. The fourth-order valence-corrected chi connectivity index (χ4v) is 3.52. The number of aromatic nitrogens is 4. The van der Waals surface area contributed by atoms with Crippen LogP contribution in [0.3, 0.4) is 0 Å². The van der Waals surface area contributed by atoms with Crippen molar-refractivity contribution in [3.8, 4) is 16.9 Å². The van der Waals surface area contributed by atoms with Crippen molar-refractivity contribution in [2.24, 2.45) is 7.05 Å². The maximum Gasteiger partial charge on any atom is 0.255 e. The second kappa shape index (κ2) is 7.95. The molecule has 0 radical (unpaired) electrons. The van der Waals surface area contributed by atoms with Crippen molar-refractivity contribution in [2.45, 2.75) is 6.92 Å². The number of hydrogen-bond donors (Lipinski definition) is 2. The Kier molecular flexibility index (Phi) is 5.15. The molecule has 32 heavy (non-hydrogen) atoms. The molecule has 4 aromatic rings. The molecule has 0 bridgehead atoms. The Labute approximate surface area is 182 Å². The lowest BCUT2D eigenvalue weighted by Crippen LogP contribution is -2.18. The van der Waals surface area contributed by atoms with Crippen LogP contribution in [0.15, 0.2) is 65.9 Å². The van der Waals surface area contributed by atoms with Gasteiger partial charge in [0.05, 0.1) is 16.8 Å². The van der Waals surface area contributed by atoms with E-state index in [1.54, 1.807) is 25.1 Å². The molecular formula is C23H20N6O3. The maximum absolute atomic E-state index is 12.8. The van der Waals surface area contributed by atoms with Crippen molar-refractivity contribution in [2.75, 3.05) is 11.1 Å². The fourth-order valence-electron chi connectivity index (χ4n) is 3.52. The van der Waals surface area contributed by atoms with Crippen LogP contribution in [0.1, 0.15) is 17.3 Å². The molecular weight excluding hydrogens is 408 g/mol. The number of pyridine rings is 1. The van der Waals surface area contributed by atoms with E-state index in [-0.39, 0.29) is 17.3 Å². The lowest BCUT2D eigenvalue weighted by Gasteiger charge is -2.12. The third-order valence-corrected chi connectivity index (χ3v) is 5.10. The number of carbonyl (C=O) groups is 2. The summed E-state index contributed by atoms with van der Waals surface area (Å²) in [5.74, 6) is -0.0449. The Bertz CT molecular complexity index is 1450. The van der Waals surface area contributed by atoms with E-state index in [4.69, 9.17) is 5.73 Å². The summed E-state index contributed by atoms with van der Waals surface area (Å²) in [6.45, 7) is 5.26. The molecule has 0 spiro atoms. The van der Waals surface area contributed by atoms with Crippen molar-refractivity contribution in [3.05, 3.63) is 77.0 Å². The number of benzene rings is 1. The highest BCUT2D eigenvalue weighted by molar-refractivity contribution is 6.03. The third-order valence-electron chi connectivity index (χ3n) is 5.10. The minimum absolute atomic E-state index is 0.226. The number of fused-ring (bicyclic) bond motifs is 1. The normalized spacial score (nSPS) is 10.8. The van der Waals surface area contributed by atoms with Crippen LogP contribution in [0.4, 0.5) is 11.5 Å². The highest BCUT2D eigenvalue weighted by atomic mass is 16.1. The predicted molar refractivity (Wildman–Crippen MR) is 123 cm³/mol. The van der Waals surface area contributed by atoms with Gasteiger partial charge in [0.15, 0.2) is 0 Å². The predicted octanol–water partition coefficient (Wildman–Crippen LogP) is 2.70. The summed E-state index contributed by atoms with van der Waals surface area (Å²) in [5.41, 5.74) is 9.55. The maximum atomic E-state index is 12.8. The van der Waals surface area contributed by atoms with Gasteiger partial charge in [0, 0.05) is 41.7 Å². The molecule has 0 unspecified atom stereocenters. The second-order valence-corrected chi connectivity index (χ2v) is 7.31. The van der Waals surface area contributed by atoms with Crippen LogP contribution in [0, 0.1) is 0 Å². The molecule has 4 rings (SSSR count). The molecule has 0 saturated carbocycles. The Morgan fingerprint density at radius 2 is 1.91 bits per heavy atom. The summed E-state index contributed by atoms with van der Waals surface area (Å²) < 4.78 is 3.24. The molecule has 1 amide bonds. The van der Waals surface area contributed by atoms with E-state index in [1.165, 1.54) is 23.2 Å². The van der Waals surface area contributed by atoms with E-state index >= 15 is 0 Å². The standard InChI is InChI=1S/C23H20N6O3/c1-13(2)23(32)27-16-6-4-15(5-7-16)19-20(29-9-8-14(11-30)10-17(29)31)18-21(24)25-12-26-22(18)28(19)3/h4-12H,1H2,2-3H3,(H,27,32)(H2,24,25,26). The van der Waals surface area contributed by atoms with Crippen LogP contribution < -0.4 is 16.6 Å². The van der Waals surface area contributed by atoms with Gasteiger partial charge in [0.25, 0.3) is 11.5 Å². The number of hydrogen-bond acceptors (Lipinski definition) is 6. The monoisotopic (exact) mass is 428 g/mol. The van der Waals surface area contributed by atoms with Crippen molar-refractivity contribution in [1.82, 2.24) is 19.1 Å². The highest BCUT2D eigenvalue weighted by Gasteiger charge is 2.22. The van der Waals surface area contributed by atoms with Crippen LogP contribution in [0.25, 0.3) is 28.0 Å². The Balaban J connectivity index is 1.95. The molecule has 3 N–H and O–H groups in total. The summed E-state index contributed by atoms with van der Waals surface area (Å²) in [6, 6.07) is 9.95. The van der Waals surface area contributed by atoms with Gasteiger partial charge in [-0.3, -0.25) is 19.0 Å². The van der Waals surface area contributed by atoms with E-state index < -0.39 is 5.56 Å². The number of amides is 1. The molecule has 0 aliphatic heterocycles. The Hall–Kier alpha value is -4.53. The van der Waals surface area contributed by atoms with E-state index in [1.807, 2.05) is 23.7 Å². The minimum atomic E-state index is -0.392. The van der Waals surface area contributed by atoms with Gasteiger partial charge < -0.3 is 15.6 Å². The van der Waals surface area contributed by atoms with Crippen molar-refractivity contribution >= 4 is 34.7 Å². The largest absolute Gasteiger partial charge is 0.383 e. The van der Waals surface area contributed by atoms with Gasteiger partial charge in [-0.25, -0.2) is 9.97 Å². The molecule has 0 aliphatic rings. The molecule has 0 fully saturated rings. The average molecular weight is 428 g/mol. The molecule has 9 heteroatoms. The lowest BCUT2D eigenvalue weighted by molar-refractivity contribution is -0.112. The van der Waals surface area contributed by atoms with Crippen LogP contribution in [-0.2, 0) is 11.8 Å².